The first-order chi connectivity index (χ1) is 13.2. The van der Waals surface area contributed by atoms with Crippen LogP contribution in [-0.4, -0.2) is 32.7 Å². The van der Waals surface area contributed by atoms with Crippen LogP contribution in [0.3, 0.4) is 0 Å². The quantitative estimate of drug-likeness (QED) is 0.615. The second-order valence-corrected chi connectivity index (χ2v) is 5.98. The van der Waals surface area contributed by atoms with Crippen molar-refractivity contribution in [3.63, 3.8) is 0 Å². The Morgan fingerprint density at radius 1 is 1.04 bits per heavy atom. The van der Waals surface area contributed by atoms with Crippen molar-refractivity contribution in [2.75, 3.05) is 20.8 Å². The number of carbonyl (C=O) groups is 1. The van der Waals surface area contributed by atoms with E-state index < -0.39 is 5.97 Å². The number of nitrogens with zero attached hydrogens (tertiary/aromatic N) is 1. The van der Waals surface area contributed by atoms with E-state index in [0.29, 0.717) is 12.2 Å². The van der Waals surface area contributed by atoms with Gasteiger partial charge in [0.25, 0.3) is 0 Å². The molecule has 2 heterocycles. The van der Waals surface area contributed by atoms with Gasteiger partial charge in [-0.05, 0) is 54.1 Å². The predicted octanol–water partition coefficient (Wildman–Crippen LogP) is 3.37. The molecule has 136 valence electrons. The lowest BCUT2D eigenvalue weighted by molar-refractivity contribution is -0.130. The van der Waals surface area contributed by atoms with Gasteiger partial charge in [-0.25, -0.2) is 9.79 Å². The lowest BCUT2D eigenvalue weighted by atomic mass is 10.1. The summed E-state index contributed by atoms with van der Waals surface area (Å²) in [5.41, 5.74) is 2.70. The van der Waals surface area contributed by atoms with Crippen LogP contribution >= 0.6 is 0 Å². The molecule has 2 aliphatic heterocycles. The number of esters is 1. The molecule has 0 aliphatic carbocycles. The lowest BCUT2D eigenvalue weighted by Gasteiger charge is -2.16. The van der Waals surface area contributed by atoms with Crippen molar-refractivity contribution in [1.82, 2.24) is 0 Å². The summed E-state index contributed by atoms with van der Waals surface area (Å²) in [7, 11) is 3.21. The fourth-order valence-electron chi connectivity index (χ4n) is 2.81. The van der Waals surface area contributed by atoms with E-state index in [4.69, 9.17) is 18.9 Å². The SMILES string of the molecule is COc1ccc(C2=NC(=CC3=Cc4ccc(OC)cc4OC3)C(=O)O2)cc1. The number of fused-ring (bicyclic) bond motifs is 1. The van der Waals surface area contributed by atoms with E-state index in [1.807, 2.05) is 24.3 Å². The molecule has 2 aromatic rings. The summed E-state index contributed by atoms with van der Waals surface area (Å²) in [5.74, 6) is 1.99. The van der Waals surface area contributed by atoms with Crippen LogP contribution in [0.2, 0.25) is 0 Å². The van der Waals surface area contributed by atoms with Crippen molar-refractivity contribution < 1.29 is 23.7 Å². The average molecular weight is 363 g/mol. The maximum absolute atomic E-state index is 12.2. The van der Waals surface area contributed by atoms with Crippen LogP contribution in [0.25, 0.3) is 6.08 Å². The molecule has 0 amide bonds. The van der Waals surface area contributed by atoms with Gasteiger partial charge in [-0.1, -0.05) is 0 Å². The summed E-state index contributed by atoms with van der Waals surface area (Å²) in [6.07, 6.45) is 3.64. The Kier molecular flexibility index (Phi) is 4.38. The number of methoxy groups -OCH3 is 2. The summed E-state index contributed by atoms with van der Waals surface area (Å²) in [6, 6.07) is 12.8. The van der Waals surface area contributed by atoms with Crippen molar-refractivity contribution >= 4 is 17.9 Å². The third kappa shape index (κ3) is 3.42. The van der Waals surface area contributed by atoms with Gasteiger partial charge in [0, 0.05) is 17.2 Å². The molecule has 0 saturated heterocycles. The number of rotatable bonds is 4. The van der Waals surface area contributed by atoms with E-state index in [0.717, 1.165) is 28.4 Å². The smallest absolute Gasteiger partial charge is 0.363 e. The van der Waals surface area contributed by atoms with Gasteiger partial charge >= 0.3 is 5.97 Å². The largest absolute Gasteiger partial charge is 0.497 e. The van der Waals surface area contributed by atoms with Gasteiger partial charge < -0.3 is 18.9 Å². The van der Waals surface area contributed by atoms with E-state index >= 15 is 0 Å². The minimum absolute atomic E-state index is 0.243. The van der Waals surface area contributed by atoms with Crippen LogP contribution < -0.4 is 14.2 Å². The van der Waals surface area contributed by atoms with Crippen molar-refractivity contribution in [2.24, 2.45) is 4.99 Å². The lowest BCUT2D eigenvalue weighted by Crippen LogP contribution is -2.08. The van der Waals surface area contributed by atoms with E-state index in [2.05, 4.69) is 4.99 Å². The molecular formula is C21H17NO5. The molecule has 0 saturated carbocycles. The number of carbonyl (C=O) groups excluding carboxylic acids is 1. The molecule has 6 heteroatoms. The summed E-state index contributed by atoms with van der Waals surface area (Å²) >= 11 is 0. The standard InChI is InChI=1S/C21H17NO5/c1-24-16-6-3-14(4-7-16)20-22-18(21(23)27-20)10-13-9-15-5-8-17(25-2)11-19(15)26-12-13/h3-11H,12H2,1-2H3. The Morgan fingerprint density at radius 3 is 2.52 bits per heavy atom. The highest BCUT2D eigenvalue weighted by molar-refractivity contribution is 6.11. The number of benzene rings is 2. The Hall–Kier alpha value is -3.54. The second-order valence-electron chi connectivity index (χ2n) is 5.98. The molecule has 2 aliphatic rings. The van der Waals surface area contributed by atoms with E-state index in [1.54, 1.807) is 44.6 Å². The Bertz CT molecular complexity index is 986. The van der Waals surface area contributed by atoms with Crippen LogP contribution in [0.15, 0.2) is 64.8 Å². The molecule has 0 N–H and O–H groups in total. The Labute approximate surface area is 156 Å². The van der Waals surface area contributed by atoms with Gasteiger partial charge in [-0.15, -0.1) is 0 Å². The number of aliphatic imine (C=N–C) groups is 1. The van der Waals surface area contributed by atoms with Gasteiger partial charge in [0.1, 0.15) is 23.9 Å². The van der Waals surface area contributed by atoms with Gasteiger partial charge in [-0.2, -0.15) is 0 Å². The van der Waals surface area contributed by atoms with Crippen molar-refractivity contribution in [1.29, 1.82) is 0 Å². The zero-order valence-electron chi connectivity index (χ0n) is 14.9. The summed E-state index contributed by atoms with van der Waals surface area (Å²) < 4.78 is 21.4. The Morgan fingerprint density at radius 2 is 1.78 bits per heavy atom. The van der Waals surface area contributed by atoms with E-state index in [-0.39, 0.29) is 11.6 Å². The first-order valence-electron chi connectivity index (χ1n) is 8.34. The van der Waals surface area contributed by atoms with Crippen LogP contribution in [0.4, 0.5) is 0 Å². The third-order valence-corrected chi connectivity index (χ3v) is 4.24. The zero-order chi connectivity index (χ0) is 18.8. The third-order valence-electron chi connectivity index (χ3n) is 4.24. The minimum Gasteiger partial charge on any atom is -0.497 e. The van der Waals surface area contributed by atoms with Crippen LogP contribution in [0, 0.1) is 0 Å². The van der Waals surface area contributed by atoms with Gasteiger partial charge in [-0.3, -0.25) is 0 Å². The highest BCUT2D eigenvalue weighted by atomic mass is 16.6. The van der Waals surface area contributed by atoms with Crippen LogP contribution in [0.1, 0.15) is 11.1 Å². The van der Waals surface area contributed by atoms with E-state index in [9.17, 15) is 4.79 Å². The molecule has 0 unspecified atom stereocenters. The van der Waals surface area contributed by atoms with Gasteiger partial charge in [0.2, 0.25) is 5.90 Å². The van der Waals surface area contributed by atoms with Gasteiger partial charge in [0.15, 0.2) is 5.70 Å². The first kappa shape index (κ1) is 16.9. The molecule has 27 heavy (non-hydrogen) atoms. The molecule has 0 radical (unpaired) electrons. The highest BCUT2D eigenvalue weighted by Gasteiger charge is 2.25. The summed E-state index contributed by atoms with van der Waals surface area (Å²) in [5, 5.41) is 0. The highest BCUT2D eigenvalue weighted by Crippen LogP contribution is 2.31. The monoisotopic (exact) mass is 363 g/mol. The fraction of sp³-hybridized carbons (Fsp3) is 0.143. The minimum atomic E-state index is -0.484. The van der Waals surface area contributed by atoms with Crippen LogP contribution in [0.5, 0.6) is 17.2 Å². The second kappa shape index (κ2) is 6.99. The van der Waals surface area contributed by atoms with Crippen LogP contribution in [-0.2, 0) is 9.53 Å². The number of cyclic esters (lactones) is 1. The molecule has 0 spiro atoms. The molecule has 0 aromatic heterocycles. The maximum Gasteiger partial charge on any atom is 0.363 e. The van der Waals surface area contributed by atoms with Gasteiger partial charge in [0.05, 0.1) is 14.2 Å². The molecule has 0 bridgehead atoms. The number of hydrogen-bond acceptors (Lipinski definition) is 6. The maximum atomic E-state index is 12.2. The molecule has 4 rings (SSSR count). The first-order valence-corrected chi connectivity index (χ1v) is 8.34. The summed E-state index contributed by atoms with van der Waals surface area (Å²) in [6.45, 7) is 0.338. The molecule has 0 atom stereocenters. The fourth-order valence-corrected chi connectivity index (χ4v) is 2.81. The van der Waals surface area contributed by atoms with Crippen molar-refractivity contribution in [3.8, 4) is 17.2 Å². The van der Waals surface area contributed by atoms with Crippen molar-refractivity contribution in [3.05, 3.63) is 70.9 Å². The molecule has 2 aromatic carbocycles. The van der Waals surface area contributed by atoms with E-state index in [1.165, 1.54) is 0 Å². The summed E-state index contributed by atoms with van der Waals surface area (Å²) in [4.78, 5) is 16.5. The number of hydrogen-bond donors (Lipinski definition) is 0. The number of ether oxygens (including phenoxy) is 4. The molecular weight excluding hydrogens is 346 g/mol. The zero-order valence-corrected chi connectivity index (χ0v) is 14.9. The topological polar surface area (TPSA) is 66.3 Å². The molecule has 0 fully saturated rings. The molecule has 6 nitrogen and oxygen atoms in total. The normalized spacial score (nSPS) is 16.8. The van der Waals surface area contributed by atoms with Crippen molar-refractivity contribution in [2.45, 2.75) is 0 Å². The Balaban J connectivity index is 1.60. The average Bonchev–Trinajstić information content (AvgIpc) is 3.08. The predicted molar refractivity (Wildman–Crippen MR) is 100 cm³/mol.